The van der Waals surface area contributed by atoms with Crippen LogP contribution in [0.1, 0.15) is 30.5 Å². The number of hydrogen-bond acceptors (Lipinski definition) is 3. The number of rotatable bonds is 4. The molecule has 22 heavy (non-hydrogen) atoms. The molecule has 0 saturated carbocycles. The van der Waals surface area contributed by atoms with Gasteiger partial charge in [0.05, 0.1) is 4.88 Å². The van der Waals surface area contributed by atoms with E-state index >= 15 is 0 Å². The van der Waals surface area contributed by atoms with Crippen LogP contribution in [0.15, 0.2) is 42.9 Å². The highest BCUT2D eigenvalue weighted by Crippen LogP contribution is 2.36. The van der Waals surface area contributed by atoms with E-state index in [1.165, 1.54) is 38.3 Å². The number of benzene rings is 1. The van der Waals surface area contributed by atoms with Gasteiger partial charge in [0.25, 0.3) is 0 Å². The van der Waals surface area contributed by atoms with E-state index in [-0.39, 0.29) is 0 Å². The summed E-state index contributed by atoms with van der Waals surface area (Å²) in [5, 5.41) is 0. The van der Waals surface area contributed by atoms with Gasteiger partial charge in [0, 0.05) is 24.2 Å². The third kappa shape index (κ3) is 2.69. The zero-order valence-electron chi connectivity index (χ0n) is 13.3. The molecule has 0 aliphatic heterocycles. The molecular weight excluding hydrogens is 288 g/mol. The summed E-state index contributed by atoms with van der Waals surface area (Å²) in [6.07, 6.45) is 7.79. The summed E-state index contributed by atoms with van der Waals surface area (Å²) in [5.74, 6) is 0. The molecule has 0 unspecified atom stereocenters. The van der Waals surface area contributed by atoms with Crippen LogP contribution in [-0.2, 0) is 12.8 Å². The van der Waals surface area contributed by atoms with Crippen molar-refractivity contribution in [1.29, 1.82) is 0 Å². The van der Waals surface area contributed by atoms with Crippen LogP contribution in [0, 0.1) is 6.92 Å². The van der Waals surface area contributed by atoms with Gasteiger partial charge < -0.3 is 0 Å². The molecule has 1 aromatic carbocycles. The van der Waals surface area contributed by atoms with Crippen molar-refractivity contribution in [2.45, 2.75) is 33.6 Å². The Labute approximate surface area is 136 Å². The number of nitrogens with zero attached hydrogens (tertiary/aromatic N) is 2. The van der Waals surface area contributed by atoms with Crippen LogP contribution < -0.4 is 0 Å². The maximum Gasteiger partial charge on any atom is 0.0628 e. The minimum absolute atomic E-state index is 1.07. The summed E-state index contributed by atoms with van der Waals surface area (Å²) in [6, 6.07) is 8.72. The van der Waals surface area contributed by atoms with E-state index in [9.17, 15) is 0 Å². The molecule has 0 radical (unpaired) electrons. The molecule has 0 aliphatic carbocycles. The van der Waals surface area contributed by atoms with Gasteiger partial charge in [0.2, 0.25) is 0 Å². The normalized spacial score (nSPS) is 10.9. The van der Waals surface area contributed by atoms with Gasteiger partial charge in [0.1, 0.15) is 0 Å². The van der Waals surface area contributed by atoms with Gasteiger partial charge in [0.15, 0.2) is 0 Å². The first-order valence-electron chi connectivity index (χ1n) is 7.72. The minimum atomic E-state index is 1.07. The summed E-state index contributed by atoms with van der Waals surface area (Å²) in [7, 11) is 0. The van der Waals surface area contributed by atoms with Crippen molar-refractivity contribution in [2.75, 3.05) is 0 Å². The SMILES string of the molecule is CCc1cc(-c2sncc2-c2ccncc2)cc(C)c1CC. The van der Waals surface area contributed by atoms with Crippen molar-refractivity contribution in [3.05, 3.63) is 59.5 Å². The van der Waals surface area contributed by atoms with Crippen LogP contribution >= 0.6 is 11.5 Å². The van der Waals surface area contributed by atoms with E-state index in [0.717, 1.165) is 12.8 Å². The third-order valence-corrected chi connectivity index (χ3v) is 4.97. The van der Waals surface area contributed by atoms with Crippen LogP contribution in [0.4, 0.5) is 0 Å². The average Bonchev–Trinajstić information content (AvgIpc) is 3.04. The molecule has 0 atom stereocenters. The fourth-order valence-electron chi connectivity index (χ4n) is 3.03. The number of hydrogen-bond donors (Lipinski definition) is 0. The lowest BCUT2D eigenvalue weighted by Crippen LogP contribution is -1.96. The van der Waals surface area contributed by atoms with E-state index in [0.29, 0.717) is 0 Å². The van der Waals surface area contributed by atoms with Crippen molar-refractivity contribution in [3.8, 4) is 21.6 Å². The summed E-state index contributed by atoms with van der Waals surface area (Å²) in [6.45, 7) is 6.68. The first-order chi connectivity index (χ1) is 10.7. The highest BCUT2D eigenvalue weighted by atomic mass is 32.1. The second-order valence-corrected chi connectivity index (χ2v) is 6.24. The Morgan fingerprint density at radius 2 is 1.77 bits per heavy atom. The largest absolute Gasteiger partial charge is 0.265 e. The first kappa shape index (κ1) is 14.9. The zero-order chi connectivity index (χ0) is 15.5. The molecule has 0 fully saturated rings. The van der Waals surface area contributed by atoms with Gasteiger partial charge in [-0.15, -0.1) is 0 Å². The van der Waals surface area contributed by atoms with Gasteiger partial charge in [-0.25, -0.2) is 0 Å². The van der Waals surface area contributed by atoms with Crippen LogP contribution in [0.5, 0.6) is 0 Å². The van der Waals surface area contributed by atoms with Crippen molar-refractivity contribution in [2.24, 2.45) is 0 Å². The highest BCUT2D eigenvalue weighted by Gasteiger charge is 2.13. The molecule has 0 bridgehead atoms. The summed E-state index contributed by atoms with van der Waals surface area (Å²) < 4.78 is 4.42. The molecule has 0 N–H and O–H groups in total. The number of aryl methyl sites for hydroxylation is 2. The van der Waals surface area contributed by atoms with E-state index in [1.807, 2.05) is 30.7 Å². The Kier molecular flexibility index (Phi) is 4.34. The lowest BCUT2D eigenvalue weighted by atomic mass is 9.93. The van der Waals surface area contributed by atoms with Gasteiger partial charge in [-0.05, 0) is 77.3 Å². The molecule has 0 aliphatic rings. The van der Waals surface area contributed by atoms with Crippen LogP contribution in [0.3, 0.4) is 0 Å². The predicted octanol–water partition coefficient (Wildman–Crippen LogP) is 5.31. The van der Waals surface area contributed by atoms with Crippen molar-refractivity contribution < 1.29 is 0 Å². The second kappa shape index (κ2) is 6.41. The van der Waals surface area contributed by atoms with Crippen LogP contribution in [-0.4, -0.2) is 9.36 Å². The lowest BCUT2D eigenvalue weighted by molar-refractivity contribution is 1.02. The molecule has 112 valence electrons. The predicted molar refractivity (Wildman–Crippen MR) is 94.3 cm³/mol. The Bertz CT molecular complexity index is 775. The van der Waals surface area contributed by atoms with Crippen LogP contribution in [0.2, 0.25) is 0 Å². The lowest BCUT2D eigenvalue weighted by Gasteiger charge is -2.13. The molecule has 0 amide bonds. The molecular formula is C19H20N2S. The smallest absolute Gasteiger partial charge is 0.0628 e. The summed E-state index contributed by atoms with van der Waals surface area (Å²) in [4.78, 5) is 5.35. The maximum atomic E-state index is 4.42. The zero-order valence-corrected chi connectivity index (χ0v) is 14.1. The average molecular weight is 308 g/mol. The van der Waals surface area contributed by atoms with Gasteiger partial charge >= 0.3 is 0 Å². The molecule has 2 aromatic heterocycles. The third-order valence-electron chi connectivity index (χ3n) is 4.12. The van der Waals surface area contributed by atoms with E-state index in [2.05, 4.69) is 42.3 Å². The quantitative estimate of drug-likeness (QED) is 0.653. The van der Waals surface area contributed by atoms with Crippen LogP contribution in [0.25, 0.3) is 21.6 Å². The highest BCUT2D eigenvalue weighted by molar-refractivity contribution is 7.10. The molecule has 3 rings (SSSR count). The number of pyridine rings is 1. The summed E-state index contributed by atoms with van der Waals surface area (Å²) >= 11 is 1.57. The molecule has 2 nitrogen and oxygen atoms in total. The van der Waals surface area contributed by atoms with Crippen molar-refractivity contribution in [3.63, 3.8) is 0 Å². The monoisotopic (exact) mass is 308 g/mol. The number of aromatic nitrogens is 2. The van der Waals surface area contributed by atoms with Crippen molar-refractivity contribution in [1.82, 2.24) is 9.36 Å². The second-order valence-electron chi connectivity index (χ2n) is 5.44. The maximum absolute atomic E-state index is 4.42. The molecule has 0 spiro atoms. The van der Waals surface area contributed by atoms with Gasteiger partial charge in [-0.3, -0.25) is 4.98 Å². The summed E-state index contributed by atoms with van der Waals surface area (Å²) in [5.41, 5.74) is 7.96. The topological polar surface area (TPSA) is 25.8 Å². The molecule has 3 heteroatoms. The molecule has 2 heterocycles. The molecule has 3 aromatic rings. The Morgan fingerprint density at radius 3 is 2.45 bits per heavy atom. The van der Waals surface area contributed by atoms with Crippen molar-refractivity contribution >= 4 is 11.5 Å². The van der Waals surface area contributed by atoms with E-state index < -0.39 is 0 Å². The fraction of sp³-hybridized carbons (Fsp3) is 0.263. The van der Waals surface area contributed by atoms with Gasteiger partial charge in [-0.1, -0.05) is 19.9 Å². The minimum Gasteiger partial charge on any atom is -0.265 e. The Morgan fingerprint density at radius 1 is 1.00 bits per heavy atom. The standard InChI is InChI=1S/C19H20N2S/c1-4-14-11-16(10-13(3)17(14)5-2)19-18(12-21-22-19)15-6-8-20-9-7-15/h6-12H,4-5H2,1-3H3. The van der Waals surface area contributed by atoms with E-state index in [1.54, 1.807) is 11.5 Å². The Balaban J connectivity index is 2.14. The fourth-order valence-corrected chi connectivity index (χ4v) is 3.78. The van der Waals surface area contributed by atoms with E-state index in [4.69, 9.17) is 0 Å². The first-order valence-corrected chi connectivity index (χ1v) is 8.49. The Hall–Kier alpha value is -2.00. The van der Waals surface area contributed by atoms with Gasteiger partial charge in [-0.2, -0.15) is 4.37 Å². The molecule has 0 saturated heterocycles.